The molecule has 0 saturated heterocycles. The summed E-state index contributed by atoms with van der Waals surface area (Å²) in [5.74, 6) is -0.874. The molecule has 3 aromatic rings. The summed E-state index contributed by atoms with van der Waals surface area (Å²) in [6.45, 7) is 7.59. The van der Waals surface area contributed by atoms with Gasteiger partial charge in [0.1, 0.15) is 0 Å². The van der Waals surface area contributed by atoms with E-state index in [0.29, 0.717) is 24.1 Å². The Morgan fingerprint density at radius 1 is 1.03 bits per heavy atom. The van der Waals surface area contributed by atoms with Gasteiger partial charge >= 0.3 is 29.6 Å². The third-order valence-corrected chi connectivity index (χ3v) is 5.79. The van der Waals surface area contributed by atoms with Crippen molar-refractivity contribution in [2.75, 3.05) is 11.9 Å². The number of aryl methyl sites for hydroxylation is 3. The zero-order chi connectivity index (χ0) is 23.8. The maximum Gasteiger partial charge on any atom is 1.00 e. The van der Waals surface area contributed by atoms with Crippen molar-refractivity contribution >= 4 is 17.4 Å². The average molecular weight is 469 g/mol. The van der Waals surface area contributed by atoms with Crippen LogP contribution < -0.4 is 40.0 Å². The average Bonchev–Trinajstić information content (AvgIpc) is 3.22. The van der Waals surface area contributed by atoms with E-state index in [2.05, 4.69) is 50.4 Å². The molecule has 0 unspecified atom stereocenters. The molecule has 0 atom stereocenters. The molecule has 174 valence electrons. The number of aromatic nitrogens is 1. The Labute approximate surface area is 224 Å². The third kappa shape index (κ3) is 8.15. The second-order valence-electron chi connectivity index (χ2n) is 8.92. The van der Waals surface area contributed by atoms with Gasteiger partial charge in [-0.15, -0.1) is 0 Å². The van der Waals surface area contributed by atoms with E-state index in [1.165, 1.54) is 11.1 Å². The first-order valence-electron chi connectivity index (χ1n) is 11.7. The zero-order valence-electron chi connectivity index (χ0n) is 20.8. The SMILES string of the molecule is Cc1ccc(CCCNc2cccc(C(=O)c3cn(CCCC(=O)[O-])cc3C(C)C)c2)cc1.[Na+]. The molecule has 0 amide bonds. The topological polar surface area (TPSA) is 74.2 Å². The van der Waals surface area contributed by atoms with Gasteiger partial charge in [-0.2, -0.15) is 0 Å². The fourth-order valence-corrected chi connectivity index (χ4v) is 3.92. The minimum absolute atomic E-state index is 0. The molecule has 5 nitrogen and oxygen atoms in total. The summed E-state index contributed by atoms with van der Waals surface area (Å²) in [6.07, 6.45) is 6.30. The predicted octanol–water partition coefficient (Wildman–Crippen LogP) is 1.73. The smallest absolute Gasteiger partial charge is 0.550 e. The van der Waals surface area contributed by atoms with Crippen LogP contribution in [0.1, 0.15) is 71.6 Å². The number of carboxylic acid groups (broad SMARTS) is 1. The van der Waals surface area contributed by atoms with Crippen LogP contribution in [0.15, 0.2) is 60.9 Å². The number of carbonyl (C=O) groups excluding carboxylic acids is 2. The van der Waals surface area contributed by atoms with E-state index in [0.717, 1.165) is 30.6 Å². The number of carbonyl (C=O) groups is 2. The second kappa shape index (κ2) is 13.5. The molecule has 34 heavy (non-hydrogen) atoms. The van der Waals surface area contributed by atoms with E-state index >= 15 is 0 Å². The molecule has 0 fully saturated rings. The Kier molecular flexibility index (Phi) is 11.1. The number of aliphatic carboxylic acids is 1. The summed E-state index contributed by atoms with van der Waals surface area (Å²) in [6, 6.07) is 16.3. The van der Waals surface area contributed by atoms with Gasteiger partial charge in [0, 0.05) is 48.3 Å². The van der Waals surface area contributed by atoms with Crippen LogP contribution in [0.4, 0.5) is 5.69 Å². The van der Waals surface area contributed by atoms with Gasteiger partial charge in [-0.25, -0.2) is 0 Å². The van der Waals surface area contributed by atoms with Crippen LogP contribution in [0.3, 0.4) is 0 Å². The summed E-state index contributed by atoms with van der Waals surface area (Å²) < 4.78 is 1.92. The van der Waals surface area contributed by atoms with Crippen LogP contribution >= 0.6 is 0 Å². The Bertz CT molecular complexity index is 1090. The number of anilines is 1. The first kappa shape index (κ1) is 27.9. The van der Waals surface area contributed by atoms with E-state index in [4.69, 9.17) is 0 Å². The Hall–Kier alpha value is -2.34. The summed E-state index contributed by atoms with van der Waals surface area (Å²) in [5.41, 5.74) is 5.83. The van der Waals surface area contributed by atoms with Gasteiger partial charge in [-0.05, 0) is 61.8 Å². The molecule has 0 aliphatic heterocycles. The fraction of sp³-hybridized carbons (Fsp3) is 0.357. The van der Waals surface area contributed by atoms with Gasteiger partial charge in [0.05, 0.1) is 0 Å². The van der Waals surface area contributed by atoms with Gasteiger partial charge in [0.2, 0.25) is 0 Å². The van der Waals surface area contributed by atoms with Crippen molar-refractivity contribution in [3.8, 4) is 0 Å². The van der Waals surface area contributed by atoms with Gasteiger partial charge < -0.3 is 19.8 Å². The van der Waals surface area contributed by atoms with E-state index in [9.17, 15) is 14.7 Å². The minimum atomic E-state index is -1.05. The predicted molar refractivity (Wildman–Crippen MR) is 131 cm³/mol. The second-order valence-corrected chi connectivity index (χ2v) is 8.92. The molecule has 0 spiro atoms. The monoisotopic (exact) mass is 468 g/mol. The van der Waals surface area contributed by atoms with Gasteiger partial charge in [-0.3, -0.25) is 4.79 Å². The van der Waals surface area contributed by atoms with Crippen molar-refractivity contribution < 1.29 is 44.3 Å². The van der Waals surface area contributed by atoms with E-state index in [1.54, 1.807) is 0 Å². The maximum atomic E-state index is 13.3. The van der Waals surface area contributed by atoms with Crippen LogP contribution in [0, 0.1) is 6.92 Å². The standard InChI is InChI=1S/C28H34N2O3.Na/c1-20(2)25-18-30(16-6-10-27(31)32)19-26(25)28(33)23-8-4-9-24(17-23)29-15-5-7-22-13-11-21(3)12-14-22;/h4,8-9,11-14,17-20,29H,5-7,10,15-16H2,1-3H3,(H,31,32);/q;+1/p-1. The van der Waals surface area contributed by atoms with Crippen molar-refractivity contribution in [2.24, 2.45) is 0 Å². The molecule has 2 aromatic carbocycles. The largest absolute Gasteiger partial charge is 1.00 e. The Balaban J connectivity index is 0.00000408. The number of carboxylic acids is 1. The Morgan fingerprint density at radius 3 is 2.44 bits per heavy atom. The summed E-state index contributed by atoms with van der Waals surface area (Å²) >= 11 is 0. The number of hydrogen-bond acceptors (Lipinski definition) is 4. The molecule has 1 N–H and O–H groups in total. The van der Waals surface area contributed by atoms with Crippen molar-refractivity contribution in [2.45, 2.75) is 58.9 Å². The van der Waals surface area contributed by atoms with E-state index < -0.39 is 5.97 Å². The van der Waals surface area contributed by atoms with Crippen LogP contribution in [0.5, 0.6) is 0 Å². The fourth-order valence-electron chi connectivity index (χ4n) is 3.92. The van der Waals surface area contributed by atoms with Gasteiger partial charge in [0.25, 0.3) is 0 Å². The van der Waals surface area contributed by atoms with Crippen LogP contribution in [0.2, 0.25) is 0 Å². The van der Waals surface area contributed by atoms with E-state index in [1.807, 2.05) is 41.2 Å². The summed E-state index contributed by atoms with van der Waals surface area (Å²) in [5, 5.41) is 14.1. The minimum Gasteiger partial charge on any atom is -0.550 e. The molecule has 0 bridgehead atoms. The number of hydrogen-bond donors (Lipinski definition) is 1. The maximum absolute atomic E-state index is 13.3. The first-order valence-corrected chi connectivity index (χ1v) is 11.7. The Morgan fingerprint density at radius 2 is 1.76 bits per heavy atom. The molecule has 0 radical (unpaired) electrons. The quantitative estimate of drug-likeness (QED) is 0.250. The number of nitrogens with one attached hydrogen (secondary N) is 1. The van der Waals surface area contributed by atoms with Crippen molar-refractivity contribution in [3.63, 3.8) is 0 Å². The number of rotatable bonds is 12. The molecule has 0 saturated carbocycles. The molecular weight excluding hydrogens is 435 g/mol. The molecule has 0 aliphatic rings. The van der Waals surface area contributed by atoms with Crippen LogP contribution in [-0.4, -0.2) is 22.9 Å². The van der Waals surface area contributed by atoms with Crippen molar-refractivity contribution in [3.05, 3.63) is 88.7 Å². The van der Waals surface area contributed by atoms with Crippen molar-refractivity contribution in [1.82, 2.24) is 4.57 Å². The molecule has 0 aliphatic carbocycles. The number of nitrogens with zero attached hydrogens (tertiary/aromatic N) is 1. The van der Waals surface area contributed by atoms with Crippen molar-refractivity contribution in [1.29, 1.82) is 0 Å². The van der Waals surface area contributed by atoms with Crippen LogP contribution in [0.25, 0.3) is 0 Å². The van der Waals surface area contributed by atoms with Gasteiger partial charge in [-0.1, -0.05) is 55.8 Å². The normalized spacial score (nSPS) is 10.7. The van der Waals surface area contributed by atoms with Gasteiger partial charge in [0.15, 0.2) is 5.78 Å². The molecule has 6 heteroatoms. The third-order valence-electron chi connectivity index (χ3n) is 5.79. The molecule has 1 heterocycles. The zero-order valence-corrected chi connectivity index (χ0v) is 22.8. The summed E-state index contributed by atoms with van der Waals surface area (Å²) in [7, 11) is 0. The van der Waals surface area contributed by atoms with Crippen LogP contribution in [-0.2, 0) is 17.8 Å². The molecular formula is C28H33N2NaO3. The number of benzene rings is 2. The first-order chi connectivity index (χ1) is 15.8. The summed E-state index contributed by atoms with van der Waals surface area (Å²) in [4.78, 5) is 24.0. The molecule has 3 rings (SSSR count). The molecule has 1 aromatic heterocycles. The van der Waals surface area contributed by atoms with E-state index in [-0.39, 0.29) is 47.7 Å². The number of ketones is 1.